The van der Waals surface area contributed by atoms with Gasteiger partial charge in [-0.05, 0) is 66.2 Å². The van der Waals surface area contributed by atoms with E-state index in [-0.39, 0.29) is 62.7 Å². The van der Waals surface area contributed by atoms with E-state index >= 15 is 0 Å². The SMILES string of the molecule is C.C.C.C.CCCCCCN(CCO)c1cc(N(CC)CC)nc2ncnn12.CCCCCCN(CCO)c1cc(NCCCC)nc2ncnn12.CCCCCN(CCO)c1cc(N(CC)CC)nc2ncnn12.CCCCCN(CCO)c1cc(N2CCOCC2)nc2ncnn12.CCCCN(CCO)c1cc(N2CCOCC2)nc2ncnn12. The van der Waals surface area contributed by atoms with Gasteiger partial charge in [0, 0.05) is 155 Å². The van der Waals surface area contributed by atoms with Gasteiger partial charge in [-0.15, -0.1) is 0 Å². The third-order valence-electron chi connectivity index (χ3n) is 20.7. The number of morpholine rings is 2. The summed E-state index contributed by atoms with van der Waals surface area (Å²) in [7, 11) is 0. The molecule has 37 nitrogen and oxygen atoms in total. The van der Waals surface area contributed by atoms with Crippen molar-refractivity contribution in [3.05, 3.63) is 62.0 Å². The lowest BCUT2D eigenvalue weighted by Gasteiger charge is -2.30. The van der Waals surface area contributed by atoms with E-state index < -0.39 is 0 Å². The fraction of sp³-hybridized carbons (Fsp3) is 0.706. The Morgan fingerprint density at radius 3 is 0.877 bits per heavy atom. The van der Waals surface area contributed by atoms with E-state index in [1.165, 1.54) is 95.8 Å². The average Bonchev–Trinajstić information content (AvgIpc) is 1.58. The molecule has 686 valence electrons. The smallest absolute Gasteiger partial charge is 0.256 e. The van der Waals surface area contributed by atoms with Crippen LogP contribution in [0.4, 0.5) is 58.2 Å². The molecule has 10 aromatic rings. The molecule has 10 aromatic heterocycles. The highest BCUT2D eigenvalue weighted by Gasteiger charge is 2.24. The molecule has 2 aliphatic heterocycles. The zero-order valence-corrected chi connectivity index (χ0v) is 72.3. The van der Waals surface area contributed by atoms with Gasteiger partial charge in [-0.1, -0.05) is 148 Å². The van der Waals surface area contributed by atoms with Gasteiger partial charge in [0.1, 0.15) is 89.8 Å². The van der Waals surface area contributed by atoms with Crippen LogP contribution in [0.25, 0.3) is 28.9 Å². The van der Waals surface area contributed by atoms with Gasteiger partial charge in [-0.3, -0.25) is 0 Å². The second kappa shape index (κ2) is 59.3. The lowest BCUT2D eigenvalue weighted by molar-refractivity contribution is 0.122. The largest absolute Gasteiger partial charge is 0.395 e. The maximum Gasteiger partial charge on any atom is 0.256 e. The zero-order valence-electron chi connectivity index (χ0n) is 72.3. The highest BCUT2D eigenvalue weighted by atomic mass is 16.5. The van der Waals surface area contributed by atoms with Crippen LogP contribution in [-0.2, 0) is 9.47 Å². The first kappa shape index (κ1) is 105. The van der Waals surface area contributed by atoms with E-state index in [9.17, 15) is 25.5 Å². The second-order valence-corrected chi connectivity index (χ2v) is 29.0. The molecule has 12 heterocycles. The number of ether oxygens (including phenoxy) is 2. The number of rotatable bonds is 48. The van der Waals surface area contributed by atoms with Crippen molar-refractivity contribution in [3.8, 4) is 0 Å². The molecule has 37 heteroatoms. The van der Waals surface area contributed by atoms with Crippen molar-refractivity contribution in [1.29, 1.82) is 0 Å². The van der Waals surface area contributed by atoms with E-state index in [0.717, 1.165) is 201 Å². The van der Waals surface area contributed by atoms with Crippen LogP contribution in [0.2, 0.25) is 0 Å². The van der Waals surface area contributed by atoms with Gasteiger partial charge in [0.15, 0.2) is 0 Å². The summed E-state index contributed by atoms with van der Waals surface area (Å²) in [6.45, 7) is 40.1. The quantitative estimate of drug-likeness (QED) is 0.0193. The Morgan fingerprint density at radius 1 is 0.303 bits per heavy atom. The average molecular weight is 1710 g/mol. The van der Waals surface area contributed by atoms with Crippen LogP contribution in [0, 0.1) is 0 Å². The number of aromatic nitrogens is 20. The van der Waals surface area contributed by atoms with Crippen LogP contribution >= 0.6 is 0 Å². The Morgan fingerprint density at radius 2 is 0.574 bits per heavy atom. The first-order valence-electron chi connectivity index (χ1n) is 43.7. The van der Waals surface area contributed by atoms with Gasteiger partial charge in [0.05, 0.1) is 59.5 Å². The summed E-state index contributed by atoms with van der Waals surface area (Å²) in [6, 6.07) is 10.2. The normalized spacial score (nSPS) is 12.4. The van der Waals surface area contributed by atoms with Gasteiger partial charge in [-0.25, -0.2) is 0 Å². The zero-order chi connectivity index (χ0) is 84.1. The van der Waals surface area contributed by atoms with Crippen LogP contribution < -0.4 is 49.4 Å². The number of aliphatic hydroxyl groups is 5. The first-order chi connectivity index (χ1) is 57.9. The number of hydrogen-bond acceptors (Lipinski definition) is 32. The molecule has 6 N–H and O–H groups in total. The standard InChI is InChI=1S/2C17H30N6O.C16H26N6O2.C16H28N6O.C15H24N6O2.4CH4/c1-4-7-8-9-10-22(11-12-24)16-13-15(21(5-2)6-3)20-17-18-14-19-23(16)17;1-3-5-7-8-10-22(11-12-24)16-13-15(18-9-6-4-2)21-17-19-14-20-23(16)17;1-2-3-4-5-21(6-9-23)15-12-14(20-7-10-24-11-8-20)19-16-17-13-18-22(15)16;1-4-7-8-9-21(10-11-23)15-12-14(20(5-2)6-3)19-16-17-13-18-22(15)16;1-2-3-4-20(5-8-22)14-11-13(19-6-9-23-10-7-19)18-15-16-12-17-21(14)15;;;;/h13-14,24H,4-12H2,1-3H3;13-14,24H,3-12H2,1-2H3,(H,18,19,20,21);12-13,23H,2-11H2,1H3;12-13,23H,4-11H2,1-3H3;11-12,22H,2-10H2,1H3;4*1H4. The summed E-state index contributed by atoms with van der Waals surface area (Å²) in [5, 5.41) is 72.1. The van der Waals surface area contributed by atoms with Crippen molar-refractivity contribution in [3.63, 3.8) is 0 Å². The fourth-order valence-electron chi connectivity index (χ4n) is 14.1. The topological polar surface area (TPSA) is 376 Å². The van der Waals surface area contributed by atoms with Crippen LogP contribution in [0.5, 0.6) is 0 Å². The molecule has 0 spiro atoms. The summed E-state index contributed by atoms with van der Waals surface area (Å²) >= 11 is 0. The Bertz CT molecular complexity index is 4330. The molecule has 12 rings (SSSR count). The molecule has 2 aliphatic rings. The van der Waals surface area contributed by atoms with E-state index in [0.29, 0.717) is 88.0 Å². The van der Waals surface area contributed by atoms with E-state index in [4.69, 9.17) is 9.47 Å². The van der Waals surface area contributed by atoms with E-state index in [1.807, 2.05) is 12.1 Å². The van der Waals surface area contributed by atoms with Crippen molar-refractivity contribution in [2.75, 3.05) is 233 Å². The number of unbranched alkanes of at least 4 members (excludes halogenated alkanes) is 12. The van der Waals surface area contributed by atoms with Crippen LogP contribution in [0.15, 0.2) is 62.0 Å². The van der Waals surface area contributed by atoms with Gasteiger partial charge in [-0.2, -0.15) is 97.9 Å². The molecule has 0 bridgehead atoms. The number of aliphatic hydroxyl groups excluding tert-OH is 5. The number of nitrogens with one attached hydrogen (secondary N) is 1. The van der Waals surface area contributed by atoms with Gasteiger partial charge >= 0.3 is 0 Å². The lowest BCUT2D eigenvalue weighted by atomic mass is 10.2. The molecule has 2 fully saturated rings. The third kappa shape index (κ3) is 31.1. The summed E-state index contributed by atoms with van der Waals surface area (Å²) < 4.78 is 19.6. The second-order valence-electron chi connectivity index (χ2n) is 29.0. The Kier molecular flexibility index (Phi) is 50.9. The van der Waals surface area contributed by atoms with E-state index in [2.05, 4.69) is 212 Å². The molecule has 0 unspecified atom stereocenters. The monoisotopic (exact) mass is 1710 g/mol. The maximum atomic E-state index is 9.48. The van der Waals surface area contributed by atoms with Crippen LogP contribution in [-0.4, -0.2) is 307 Å². The van der Waals surface area contributed by atoms with Crippen molar-refractivity contribution >= 4 is 87.1 Å². The predicted octanol–water partition coefficient (Wildman–Crippen LogP) is 11.1. The molecule has 0 radical (unpaired) electrons. The highest BCUT2D eigenvalue weighted by Crippen LogP contribution is 2.29. The number of nitrogens with zero attached hydrogens (tertiary/aromatic N) is 29. The molecular formula is C85H154N30O7. The van der Waals surface area contributed by atoms with E-state index in [1.54, 1.807) is 22.6 Å². The minimum absolute atomic E-state index is 0. The molecule has 0 aromatic carbocycles. The van der Waals surface area contributed by atoms with Gasteiger partial charge in [0.2, 0.25) is 0 Å². The number of anilines is 10. The highest BCUT2D eigenvalue weighted by molar-refractivity contribution is 5.61. The summed E-state index contributed by atoms with van der Waals surface area (Å²) in [5.41, 5.74) is 0. The van der Waals surface area contributed by atoms with Crippen molar-refractivity contribution in [2.24, 2.45) is 0 Å². The first-order valence-corrected chi connectivity index (χ1v) is 43.7. The Balaban J connectivity index is 0.000000318. The third-order valence-corrected chi connectivity index (χ3v) is 20.7. The minimum atomic E-state index is 0. The van der Waals surface area contributed by atoms with Crippen LogP contribution in [0.1, 0.15) is 215 Å². The number of hydrogen-bond donors (Lipinski definition) is 6. The molecule has 0 saturated carbocycles. The predicted molar refractivity (Wildman–Crippen MR) is 496 cm³/mol. The molecule has 2 saturated heterocycles. The molecule has 0 atom stereocenters. The number of fused-ring (bicyclic) bond motifs is 5. The molecule has 0 amide bonds. The summed E-state index contributed by atoms with van der Waals surface area (Å²) in [5.74, 6) is 12.1. The summed E-state index contributed by atoms with van der Waals surface area (Å²) in [4.78, 5) is 63.9. The summed E-state index contributed by atoms with van der Waals surface area (Å²) in [6.07, 6.45) is 28.4. The van der Waals surface area contributed by atoms with Crippen molar-refractivity contribution < 1.29 is 35.0 Å². The molecular weight excluding hydrogens is 1550 g/mol. The molecule has 122 heavy (non-hydrogen) atoms. The maximum absolute atomic E-state index is 9.48. The molecule has 0 aliphatic carbocycles. The minimum Gasteiger partial charge on any atom is -0.395 e. The lowest BCUT2D eigenvalue weighted by Crippen LogP contribution is -2.37. The van der Waals surface area contributed by atoms with Gasteiger partial charge in [0.25, 0.3) is 28.9 Å². The Labute approximate surface area is 726 Å². The van der Waals surface area contributed by atoms with Crippen molar-refractivity contribution in [2.45, 2.75) is 215 Å². The van der Waals surface area contributed by atoms with Gasteiger partial charge < -0.3 is 84.4 Å². The van der Waals surface area contributed by atoms with Crippen molar-refractivity contribution in [1.82, 2.24) is 97.9 Å². The van der Waals surface area contributed by atoms with Crippen LogP contribution in [0.3, 0.4) is 0 Å². The fourth-order valence-corrected chi connectivity index (χ4v) is 14.1. The Hall–Kier alpha value is -9.53.